The van der Waals surface area contributed by atoms with Gasteiger partial charge in [0.05, 0.1) is 0 Å². The van der Waals surface area contributed by atoms with Gasteiger partial charge in [0.25, 0.3) is 0 Å². The molecule has 6 heteroatoms. The van der Waals surface area contributed by atoms with Crippen LogP contribution in [0.3, 0.4) is 0 Å². The van der Waals surface area contributed by atoms with E-state index in [-0.39, 0.29) is 53.6 Å². The summed E-state index contributed by atoms with van der Waals surface area (Å²) in [4.78, 5) is 9.98. The normalized spacial score (nSPS) is 14.2. The number of benzene rings is 6. The second kappa shape index (κ2) is 19.8. The van der Waals surface area contributed by atoms with Gasteiger partial charge in [-0.15, -0.1) is 53.8 Å². The molecule has 0 unspecified atom stereocenters. The zero-order chi connectivity index (χ0) is 54.4. The molecule has 6 aromatic carbocycles. The maximum atomic E-state index is 7.33. The van der Waals surface area contributed by atoms with Crippen LogP contribution in [0.4, 0.5) is 11.4 Å². The molecule has 0 aliphatic carbocycles. The number of allylic oxidation sites excluding steroid dienone is 2. The SMILES string of the molecule is CC(C)(C)C1=C(C(C)(C)C)N(c2cc(C(C)(C)C)cc(C(C)(C)C)c2)[CH-]N1c1[c-]c(Oc2[c-]c3c(c(C(C)(C)C)c2)c2ccccc2n3-c2cc(C(C)(C)c3ccccc3)ccn2)cc(C(C)(C)c2ccccc2)c1.[Pt]. The standard InChI is InChI=1S/C70H81N4O.Pt/c1-64(2,3)49-36-50(65(4,5)6)38-52(37-49)72-45-73(63(68(13,14)15)62(72)67(10,11)12)53-39-51(70(18,19)47-30-24-21-25-31-47)40-54(42-53)75-55-43-57(66(7,8)9)61-56-32-26-27-33-58(56)74(59(61)44-55)60-41-48(34-35-71-60)69(16,17)46-28-22-20-23-29-46;/h20-41,43,45H,1-19H3;/q-3;. The van der Waals surface area contributed by atoms with E-state index in [0.29, 0.717) is 11.5 Å². The molecule has 1 aliphatic rings. The molecule has 3 heterocycles. The van der Waals surface area contributed by atoms with E-state index < -0.39 is 5.41 Å². The third-order valence-electron chi connectivity index (χ3n) is 15.5. The number of hydrogen-bond donors (Lipinski definition) is 0. The van der Waals surface area contributed by atoms with E-state index in [2.05, 4.69) is 298 Å². The number of nitrogens with zero attached hydrogens (tertiary/aromatic N) is 4. The van der Waals surface area contributed by atoms with Gasteiger partial charge in [-0.3, -0.25) is 0 Å². The predicted octanol–water partition coefficient (Wildman–Crippen LogP) is 18.9. The van der Waals surface area contributed by atoms with E-state index in [1.54, 1.807) is 0 Å². The van der Waals surface area contributed by atoms with Crippen molar-refractivity contribution < 1.29 is 25.8 Å². The second-order valence-corrected chi connectivity index (χ2v) is 27.3. The molecule has 8 aromatic rings. The molecule has 0 N–H and O–H groups in total. The smallest absolute Gasteiger partial charge is 0.135 e. The van der Waals surface area contributed by atoms with Crippen molar-refractivity contribution in [2.75, 3.05) is 9.80 Å². The summed E-state index contributed by atoms with van der Waals surface area (Å²) >= 11 is 0. The fourth-order valence-electron chi connectivity index (χ4n) is 10.9. The van der Waals surface area contributed by atoms with Gasteiger partial charge in [0.1, 0.15) is 5.82 Å². The van der Waals surface area contributed by atoms with E-state index in [0.717, 1.165) is 44.6 Å². The minimum Gasteiger partial charge on any atom is -0.509 e. The number of anilines is 2. The third-order valence-corrected chi connectivity index (χ3v) is 15.5. The first-order valence-corrected chi connectivity index (χ1v) is 27.0. The molecule has 0 amide bonds. The van der Waals surface area contributed by atoms with Crippen LogP contribution >= 0.6 is 0 Å². The number of pyridine rings is 1. The largest absolute Gasteiger partial charge is 0.509 e. The van der Waals surface area contributed by atoms with E-state index in [1.807, 2.05) is 6.20 Å². The molecule has 400 valence electrons. The fraction of sp³-hybridized carbons (Fsp3) is 0.371. The summed E-state index contributed by atoms with van der Waals surface area (Å²) in [5.74, 6) is 2.08. The fourth-order valence-corrected chi connectivity index (χ4v) is 10.9. The van der Waals surface area contributed by atoms with Crippen LogP contribution in [-0.4, -0.2) is 9.55 Å². The van der Waals surface area contributed by atoms with Crippen molar-refractivity contribution in [2.45, 2.75) is 159 Å². The summed E-state index contributed by atoms with van der Waals surface area (Å²) in [6.45, 7) is 46.3. The van der Waals surface area contributed by atoms with Crippen molar-refractivity contribution in [3.8, 4) is 17.3 Å². The first-order chi connectivity index (χ1) is 34.8. The number of aromatic nitrogens is 2. The van der Waals surface area contributed by atoms with Crippen molar-refractivity contribution in [1.29, 1.82) is 0 Å². The van der Waals surface area contributed by atoms with E-state index in [4.69, 9.17) is 9.72 Å². The first kappa shape index (κ1) is 56.3. The summed E-state index contributed by atoms with van der Waals surface area (Å²) in [5, 5.41) is 2.30. The van der Waals surface area contributed by atoms with Gasteiger partial charge in [0, 0.05) is 77.6 Å². The van der Waals surface area contributed by atoms with Crippen molar-refractivity contribution >= 4 is 33.2 Å². The Bertz CT molecular complexity index is 3420. The maximum absolute atomic E-state index is 7.33. The Morgan fingerprint density at radius 3 is 1.50 bits per heavy atom. The van der Waals surface area contributed by atoms with E-state index in [1.165, 1.54) is 44.8 Å². The third kappa shape index (κ3) is 10.7. The summed E-state index contributed by atoms with van der Waals surface area (Å²) in [5.41, 5.74) is 13.6. The van der Waals surface area contributed by atoms with Crippen molar-refractivity contribution in [3.05, 3.63) is 209 Å². The van der Waals surface area contributed by atoms with Crippen LogP contribution in [0.1, 0.15) is 170 Å². The number of para-hydroxylation sites is 1. The molecule has 5 nitrogen and oxygen atoms in total. The maximum Gasteiger partial charge on any atom is 0.135 e. The Labute approximate surface area is 471 Å². The van der Waals surface area contributed by atoms with Crippen LogP contribution in [0, 0.1) is 29.6 Å². The van der Waals surface area contributed by atoms with Gasteiger partial charge in [-0.2, -0.15) is 0 Å². The monoisotopic (exact) mass is 1190 g/mol. The van der Waals surface area contributed by atoms with Gasteiger partial charge in [-0.1, -0.05) is 227 Å². The van der Waals surface area contributed by atoms with Crippen LogP contribution < -0.4 is 14.5 Å². The quantitative estimate of drug-likeness (QED) is 0.135. The Morgan fingerprint density at radius 2 is 0.961 bits per heavy atom. The van der Waals surface area contributed by atoms with Gasteiger partial charge in [0.15, 0.2) is 0 Å². The zero-order valence-corrected chi connectivity index (χ0v) is 51.1. The van der Waals surface area contributed by atoms with E-state index >= 15 is 0 Å². The molecule has 0 saturated carbocycles. The number of ether oxygens (including phenoxy) is 1. The number of fused-ring (bicyclic) bond motifs is 3. The topological polar surface area (TPSA) is 33.5 Å². The van der Waals surface area contributed by atoms with Crippen LogP contribution in [0.15, 0.2) is 151 Å². The summed E-state index contributed by atoms with van der Waals surface area (Å²) in [7, 11) is 0. The van der Waals surface area contributed by atoms with Crippen LogP contribution in [-0.2, 0) is 48.1 Å². The Hall–Kier alpha value is -5.90. The van der Waals surface area contributed by atoms with Gasteiger partial charge in [-0.25, -0.2) is 4.98 Å². The minimum atomic E-state index is -0.398. The van der Waals surface area contributed by atoms with Crippen molar-refractivity contribution in [1.82, 2.24) is 9.55 Å². The molecule has 0 fully saturated rings. The van der Waals surface area contributed by atoms with Gasteiger partial charge in [-0.05, 0) is 85.2 Å². The summed E-state index contributed by atoms with van der Waals surface area (Å²) < 4.78 is 9.62. The first-order valence-electron chi connectivity index (χ1n) is 27.0. The number of hydrogen-bond acceptors (Lipinski definition) is 4. The second-order valence-electron chi connectivity index (χ2n) is 27.3. The van der Waals surface area contributed by atoms with Crippen LogP contribution in [0.2, 0.25) is 0 Å². The predicted molar refractivity (Wildman–Crippen MR) is 318 cm³/mol. The van der Waals surface area contributed by atoms with Crippen molar-refractivity contribution in [3.63, 3.8) is 0 Å². The molecule has 0 atom stereocenters. The Morgan fingerprint density at radius 1 is 0.447 bits per heavy atom. The molecule has 0 radical (unpaired) electrons. The van der Waals surface area contributed by atoms with Gasteiger partial charge < -0.3 is 19.1 Å². The molecular weight excluding hydrogens is 1110 g/mol. The van der Waals surface area contributed by atoms with Crippen LogP contribution in [0.5, 0.6) is 11.5 Å². The average Bonchev–Trinajstić information content (AvgIpc) is 3.92. The molecule has 9 rings (SSSR count). The molecule has 0 bridgehead atoms. The number of rotatable bonds is 9. The van der Waals surface area contributed by atoms with Crippen LogP contribution in [0.25, 0.3) is 27.6 Å². The van der Waals surface area contributed by atoms with E-state index in [9.17, 15) is 0 Å². The molecule has 2 aromatic heterocycles. The zero-order valence-electron chi connectivity index (χ0n) is 48.9. The molecular formula is C70H81N4OPt-3. The molecule has 1 aliphatic heterocycles. The van der Waals surface area contributed by atoms with Crippen molar-refractivity contribution in [2.24, 2.45) is 10.8 Å². The molecule has 0 spiro atoms. The average molecular weight is 1190 g/mol. The summed E-state index contributed by atoms with van der Waals surface area (Å²) in [6.07, 6.45) is 1.95. The van der Waals surface area contributed by atoms with Gasteiger partial charge >= 0.3 is 0 Å². The minimum absolute atomic E-state index is 0. The summed E-state index contributed by atoms with van der Waals surface area (Å²) in [6, 6.07) is 56.4. The molecule has 76 heavy (non-hydrogen) atoms. The Balaban J connectivity index is 0.00000765. The van der Waals surface area contributed by atoms with Gasteiger partial charge in [0.2, 0.25) is 0 Å². The molecule has 0 saturated heterocycles. The Kier molecular flexibility index (Phi) is 14.7.